The number of carbonyl (C=O) groups is 2. The van der Waals surface area contributed by atoms with E-state index in [4.69, 9.17) is 15.2 Å². The summed E-state index contributed by atoms with van der Waals surface area (Å²) in [4.78, 5) is 29.6. The lowest BCUT2D eigenvalue weighted by Crippen LogP contribution is -2.21. The Bertz CT molecular complexity index is 780. The van der Waals surface area contributed by atoms with Crippen LogP contribution >= 0.6 is 11.3 Å². The first kappa shape index (κ1) is 15.5. The van der Waals surface area contributed by atoms with Crippen molar-refractivity contribution in [1.29, 1.82) is 0 Å². The van der Waals surface area contributed by atoms with Crippen LogP contribution in [0.15, 0.2) is 24.4 Å². The first-order valence-electron chi connectivity index (χ1n) is 7.05. The molecule has 1 aliphatic rings. The van der Waals surface area contributed by atoms with Gasteiger partial charge in [0.2, 0.25) is 0 Å². The van der Waals surface area contributed by atoms with Gasteiger partial charge in [0, 0.05) is 16.6 Å². The molecule has 1 saturated carbocycles. The molecule has 1 fully saturated rings. The van der Waals surface area contributed by atoms with Crippen LogP contribution in [0.1, 0.15) is 27.4 Å². The van der Waals surface area contributed by atoms with Crippen LogP contribution in [0.5, 0.6) is 0 Å². The molecule has 2 aromatic heterocycles. The lowest BCUT2D eigenvalue weighted by molar-refractivity contribution is -0.143. The maximum atomic E-state index is 12.2. The summed E-state index contributed by atoms with van der Waals surface area (Å²) in [6, 6.07) is 5.16. The smallest absolute Gasteiger partial charge is 0.348 e. The number of thiophene rings is 1. The molecular formula is C16H16N2O4S. The second kappa shape index (κ2) is 5.66. The van der Waals surface area contributed by atoms with E-state index in [1.54, 1.807) is 24.4 Å². The Kier molecular flexibility index (Phi) is 3.81. The van der Waals surface area contributed by atoms with E-state index < -0.39 is 11.4 Å². The van der Waals surface area contributed by atoms with Crippen molar-refractivity contribution < 1.29 is 19.1 Å². The molecule has 120 valence electrons. The summed E-state index contributed by atoms with van der Waals surface area (Å²) in [5.41, 5.74) is 7.06. The van der Waals surface area contributed by atoms with E-state index in [1.807, 2.05) is 0 Å². The number of carbonyl (C=O) groups excluding carboxylic acids is 2. The average molecular weight is 332 g/mol. The van der Waals surface area contributed by atoms with Gasteiger partial charge in [0.25, 0.3) is 0 Å². The number of hydrogen-bond acceptors (Lipinski definition) is 7. The van der Waals surface area contributed by atoms with Gasteiger partial charge in [0.05, 0.1) is 25.6 Å². The van der Waals surface area contributed by atoms with Crippen molar-refractivity contribution in [3.05, 3.63) is 34.2 Å². The highest BCUT2D eigenvalue weighted by atomic mass is 32.1. The van der Waals surface area contributed by atoms with E-state index in [0.717, 1.165) is 4.88 Å². The molecule has 0 bridgehead atoms. The molecule has 7 heteroatoms. The molecule has 0 unspecified atom stereocenters. The quantitative estimate of drug-likeness (QED) is 0.864. The molecule has 23 heavy (non-hydrogen) atoms. The van der Waals surface area contributed by atoms with E-state index in [1.165, 1.54) is 25.6 Å². The maximum absolute atomic E-state index is 12.2. The summed E-state index contributed by atoms with van der Waals surface area (Å²) in [5.74, 6) is -0.746. The Balaban J connectivity index is 2.19. The number of ether oxygens (including phenoxy) is 2. The van der Waals surface area contributed by atoms with Crippen molar-refractivity contribution in [3.63, 3.8) is 0 Å². The summed E-state index contributed by atoms with van der Waals surface area (Å²) < 4.78 is 9.74. The van der Waals surface area contributed by atoms with E-state index in [0.29, 0.717) is 34.7 Å². The summed E-state index contributed by atoms with van der Waals surface area (Å²) in [7, 11) is 2.69. The van der Waals surface area contributed by atoms with Crippen molar-refractivity contribution in [2.24, 2.45) is 0 Å². The predicted octanol–water partition coefficient (Wildman–Crippen LogP) is 2.38. The fourth-order valence-electron chi connectivity index (χ4n) is 2.61. The monoisotopic (exact) mass is 332 g/mol. The van der Waals surface area contributed by atoms with Crippen LogP contribution in [0.2, 0.25) is 0 Å². The van der Waals surface area contributed by atoms with Gasteiger partial charge in [0.15, 0.2) is 0 Å². The van der Waals surface area contributed by atoms with Crippen LogP contribution in [-0.2, 0) is 19.7 Å². The second-order valence-electron chi connectivity index (χ2n) is 5.36. The van der Waals surface area contributed by atoms with Crippen LogP contribution in [0.4, 0.5) is 5.69 Å². The number of rotatable bonds is 4. The average Bonchev–Trinajstić information content (AvgIpc) is 3.26. The summed E-state index contributed by atoms with van der Waals surface area (Å²) in [6.07, 6.45) is 2.99. The van der Waals surface area contributed by atoms with E-state index in [9.17, 15) is 9.59 Å². The Labute approximate surface area is 137 Å². The van der Waals surface area contributed by atoms with Gasteiger partial charge in [-0.3, -0.25) is 9.78 Å². The van der Waals surface area contributed by atoms with Gasteiger partial charge >= 0.3 is 11.9 Å². The van der Waals surface area contributed by atoms with Crippen LogP contribution in [-0.4, -0.2) is 31.1 Å². The van der Waals surface area contributed by atoms with Crippen molar-refractivity contribution in [2.75, 3.05) is 20.0 Å². The predicted molar refractivity (Wildman–Crippen MR) is 86.2 cm³/mol. The molecular weight excluding hydrogens is 316 g/mol. The third-order valence-electron chi connectivity index (χ3n) is 3.97. The molecule has 0 aromatic carbocycles. The maximum Gasteiger partial charge on any atom is 0.348 e. The molecule has 0 spiro atoms. The van der Waals surface area contributed by atoms with E-state index >= 15 is 0 Å². The Morgan fingerprint density at radius 3 is 2.61 bits per heavy atom. The molecule has 0 radical (unpaired) electrons. The van der Waals surface area contributed by atoms with Gasteiger partial charge in [-0.25, -0.2) is 4.79 Å². The molecule has 3 rings (SSSR count). The molecule has 6 nitrogen and oxygen atoms in total. The third kappa shape index (κ3) is 2.46. The van der Waals surface area contributed by atoms with E-state index in [2.05, 4.69) is 4.98 Å². The minimum Gasteiger partial charge on any atom is -0.468 e. The summed E-state index contributed by atoms with van der Waals surface area (Å²) >= 11 is 1.24. The van der Waals surface area contributed by atoms with Crippen molar-refractivity contribution >= 4 is 29.0 Å². The summed E-state index contributed by atoms with van der Waals surface area (Å²) in [5, 5.41) is 0. The highest BCUT2D eigenvalue weighted by Crippen LogP contribution is 2.55. The highest BCUT2D eigenvalue weighted by molar-refractivity contribution is 7.14. The van der Waals surface area contributed by atoms with Gasteiger partial charge < -0.3 is 15.2 Å². The first-order chi connectivity index (χ1) is 11.0. The molecule has 1 aliphatic carbocycles. The second-order valence-corrected chi connectivity index (χ2v) is 6.41. The normalized spacial score (nSPS) is 15.0. The zero-order valence-electron chi connectivity index (χ0n) is 12.8. The number of nitrogen functional groups attached to an aromatic ring is 1. The number of methoxy groups -OCH3 is 2. The standard InChI is InChI=1S/C16H16N2O4S/c1-21-14(19)11-8-9(12-10(17)4-3-7-18-12)13(23-11)16(5-6-16)15(20)22-2/h3-4,7-8H,5-6,17H2,1-2H3. The lowest BCUT2D eigenvalue weighted by Gasteiger charge is -2.13. The van der Waals surface area contributed by atoms with Gasteiger partial charge in [-0.05, 0) is 31.0 Å². The Morgan fingerprint density at radius 1 is 1.30 bits per heavy atom. The highest BCUT2D eigenvalue weighted by Gasteiger charge is 2.55. The number of esters is 2. The zero-order chi connectivity index (χ0) is 16.6. The Morgan fingerprint density at radius 2 is 2.04 bits per heavy atom. The first-order valence-corrected chi connectivity index (χ1v) is 7.87. The molecule has 0 aliphatic heterocycles. The number of nitrogens with zero attached hydrogens (tertiary/aromatic N) is 1. The number of anilines is 1. The topological polar surface area (TPSA) is 91.5 Å². The van der Waals surface area contributed by atoms with Crippen LogP contribution in [0, 0.1) is 0 Å². The van der Waals surface area contributed by atoms with Gasteiger partial charge in [-0.15, -0.1) is 11.3 Å². The van der Waals surface area contributed by atoms with Crippen LogP contribution in [0.25, 0.3) is 11.3 Å². The van der Waals surface area contributed by atoms with Crippen molar-refractivity contribution in [1.82, 2.24) is 4.98 Å². The fourth-order valence-corrected chi connectivity index (χ4v) is 3.92. The number of pyridine rings is 1. The van der Waals surface area contributed by atoms with Gasteiger partial charge in [0.1, 0.15) is 10.3 Å². The Hall–Kier alpha value is -2.41. The summed E-state index contributed by atoms with van der Waals surface area (Å²) in [6.45, 7) is 0. The van der Waals surface area contributed by atoms with Crippen molar-refractivity contribution in [3.8, 4) is 11.3 Å². The lowest BCUT2D eigenvalue weighted by atomic mass is 9.98. The molecule has 0 saturated heterocycles. The molecule has 0 amide bonds. The number of aromatic nitrogens is 1. The van der Waals surface area contributed by atoms with Crippen molar-refractivity contribution in [2.45, 2.75) is 18.3 Å². The zero-order valence-corrected chi connectivity index (χ0v) is 13.6. The van der Waals surface area contributed by atoms with E-state index in [-0.39, 0.29) is 5.97 Å². The SMILES string of the molecule is COC(=O)c1cc(-c2ncccc2N)c(C2(C(=O)OC)CC2)s1. The third-order valence-corrected chi connectivity index (χ3v) is 5.29. The van der Waals surface area contributed by atoms with Crippen LogP contribution < -0.4 is 5.73 Å². The fraction of sp³-hybridized carbons (Fsp3) is 0.312. The molecule has 2 N–H and O–H groups in total. The minimum absolute atomic E-state index is 0.300. The van der Waals surface area contributed by atoms with Crippen LogP contribution in [0.3, 0.4) is 0 Å². The number of nitrogens with two attached hydrogens (primary N) is 1. The van der Waals surface area contributed by atoms with Gasteiger partial charge in [-0.2, -0.15) is 0 Å². The largest absolute Gasteiger partial charge is 0.468 e. The minimum atomic E-state index is -0.703. The molecule has 2 heterocycles. The molecule has 2 aromatic rings. The number of hydrogen-bond donors (Lipinski definition) is 1. The van der Waals surface area contributed by atoms with Gasteiger partial charge in [-0.1, -0.05) is 0 Å². The molecule has 0 atom stereocenters.